The molecule has 7 heteroatoms. The standard InChI is InChI=1S/C17H23FN4S.HI/c1-3-19-17(21-11-9-16-12-23-13(2)22-16)20-10-8-14-4-6-15(18)7-5-14;/h4-7,12H,3,8-11H2,1-2H3,(H2,19,20,21);1H. The lowest BCUT2D eigenvalue weighted by Gasteiger charge is -2.11. The summed E-state index contributed by atoms with van der Waals surface area (Å²) in [5, 5.41) is 9.71. The number of aliphatic imine (C=N–C) groups is 1. The molecule has 0 saturated heterocycles. The van der Waals surface area contributed by atoms with Crippen LogP contribution in [0.1, 0.15) is 23.2 Å². The molecule has 0 fully saturated rings. The van der Waals surface area contributed by atoms with Crippen LogP contribution in [0.3, 0.4) is 0 Å². The number of nitrogens with one attached hydrogen (secondary N) is 2. The minimum Gasteiger partial charge on any atom is -0.357 e. The van der Waals surface area contributed by atoms with Crippen LogP contribution in [0.5, 0.6) is 0 Å². The second-order valence-electron chi connectivity index (χ2n) is 5.17. The molecule has 0 bridgehead atoms. The Kier molecular flexibility index (Phi) is 9.85. The summed E-state index contributed by atoms with van der Waals surface area (Å²) in [6.45, 7) is 6.33. The summed E-state index contributed by atoms with van der Waals surface area (Å²) in [7, 11) is 0. The molecule has 0 aliphatic rings. The molecule has 2 aromatic rings. The van der Waals surface area contributed by atoms with Gasteiger partial charge in [0.05, 0.1) is 10.7 Å². The van der Waals surface area contributed by atoms with E-state index in [-0.39, 0.29) is 29.8 Å². The van der Waals surface area contributed by atoms with E-state index < -0.39 is 0 Å². The average Bonchev–Trinajstić information content (AvgIpc) is 2.95. The molecule has 1 aromatic heterocycles. The molecular weight excluding hydrogens is 438 g/mol. The molecule has 132 valence electrons. The van der Waals surface area contributed by atoms with Gasteiger partial charge in [0.25, 0.3) is 0 Å². The third kappa shape index (κ3) is 7.57. The predicted octanol–water partition coefficient (Wildman–Crippen LogP) is 3.55. The number of aryl methyl sites for hydroxylation is 1. The van der Waals surface area contributed by atoms with E-state index in [1.807, 2.05) is 26.0 Å². The SMILES string of the molecule is CCNC(=NCCc1csc(C)n1)NCCc1ccc(F)cc1.I. The highest BCUT2D eigenvalue weighted by Crippen LogP contribution is 2.08. The number of hydrogen-bond acceptors (Lipinski definition) is 3. The maximum Gasteiger partial charge on any atom is 0.191 e. The predicted molar refractivity (Wildman–Crippen MR) is 110 cm³/mol. The van der Waals surface area contributed by atoms with Gasteiger partial charge in [0.1, 0.15) is 5.82 Å². The van der Waals surface area contributed by atoms with E-state index >= 15 is 0 Å². The number of guanidine groups is 1. The van der Waals surface area contributed by atoms with Gasteiger partial charge in [-0.1, -0.05) is 12.1 Å². The van der Waals surface area contributed by atoms with Crippen LogP contribution in [-0.4, -0.2) is 30.6 Å². The second-order valence-corrected chi connectivity index (χ2v) is 6.23. The van der Waals surface area contributed by atoms with Crippen molar-refractivity contribution in [2.45, 2.75) is 26.7 Å². The van der Waals surface area contributed by atoms with Gasteiger partial charge in [-0.2, -0.15) is 0 Å². The molecule has 0 radical (unpaired) electrons. The van der Waals surface area contributed by atoms with Gasteiger partial charge >= 0.3 is 0 Å². The Morgan fingerprint density at radius 2 is 1.96 bits per heavy atom. The van der Waals surface area contributed by atoms with Crippen molar-refractivity contribution in [3.63, 3.8) is 0 Å². The molecule has 0 unspecified atom stereocenters. The first kappa shape index (κ1) is 20.8. The molecule has 0 aliphatic heterocycles. The van der Waals surface area contributed by atoms with Crippen LogP contribution in [0, 0.1) is 12.7 Å². The minimum atomic E-state index is -0.200. The third-order valence-corrected chi connectivity index (χ3v) is 4.09. The van der Waals surface area contributed by atoms with Crippen LogP contribution >= 0.6 is 35.3 Å². The second kappa shape index (κ2) is 11.4. The minimum absolute atomic E-state index is 0. The zero-order chi connectivity index (χ0) is 16.5. The Morgan fingerprint density at radius 3 is 2.58 bits per heavy atom. The number of hydrogen-bond donors (Lipinski definition) is 2. The van der Waals surface area contributed by atoms with E-state index in [0.717, 1.165) is 48.2 Å². The van der Waals surface area contributed by atoms with Gasteiger partial charge in [-0.05, 0) is 38.0 Å². The fourth-order valence-corrected chi connectivity index (χ4v) is 2.77. The molecule has 0 saturated carbocycles. The van der Waals surface area contributed by atoms with Crippen molar-refractivity contribution in [3.8, 4) is 0 Å². The monoisotopic (exact) mass is 462 g/mol. The van der Waals surface area contributed by atoms with Gasteiger partial charge in [-0.25, -0.2) is 9.37 Å². The molecule has 0 aliphatic carbocycles. The first-order valence-electron chi connectivity index (χ1n) is 7.85. The summed E-state index contributed by atoms with van der Waals surface area (Å²) in [5.41, 5.74) is 2.20. The molecule has 1 heterocycles. The van der Waals surface area contributed by atoms with Crippen molar-refractivity contribution in [1.82, 2.24) is 15.6 Å². The van der Waals surface area contributed by atoms with Crippen molar-refractivity contribution in [1.29, 1.82) is 0 Å². The van der Waals surface area contributed by atoms with Crippen LogP contribution in [0.25, 0.3) is 0 Å². The van der Waals surface area contributed by atoms with E-state index in [9.17, 15) is 4.39 Å². The lowest BCUT2D eigenvalue weighted by atomic mass is 10.1. The molecule has 0 spiro atoms. The number of nitrogens with zero attached hydrogens (tertiary/aromatic N) is 2. The van der Waals surface area contributed by atoms with Gasteiger partial charge < -0.3 is 10.6 Å². The molecular formula is C17H24FIN4S. The van der Waals surface area contributed by atoms with E-state index in [1.165, 1.54) is 12.1 Å². The van der Waals surface area contributed by atoms with E-state index in [4.69, 9.17) is 0 Å². The summed E-state index contributed by atoms with van der Waals surface area (Å²) in [6, 6.07) is 6.60. The number of rotatable bonds is 7. The van der Waals surface area contributed by atoms with Gasteiger partial charge in [0, 0.05) is 31.4 Å². The van der Waals surface area contributed by atoms with Gasteiger partial charge in [-0.15, -0.1) is 35.3 Å². The summed E-state index contributed by atoms with van der Waals surface area (Å²) in [6.07, 6.45) is 1.68. The van der Waals surface area contributed by atoms with Crippen LogP contribution in [0.4, 0.5) is 4.39 Å². The largest absolute Gasteiger partial charge is 0.357 e. The Bertz CT molecular complexity index is 628. The molecule has 0 atom stereocenters. The van der Waals surface area contributed by atoms with Crippen molar-refractivity contribution < 1.29 is 4.39 Å². The van der Waals surface area contributed by atoms with Crippen LogP contribution in [0.15, 0.2) is 34.6 Å². The molecule has 1 aromatic carbocycles. The maximum absolute atomic E-state index is 12.9. The first-order chi connectivity index (χ1) is 11.2. The number of halogens is 2. The number of benzene rings is 1. The third-order valence-electron chi connectivity index (χ3n) is 3.27. The van der Waals surface area contributed by atoms with E-state index in [0.29, 0.717) is 6.54 Å². The summed E-state index contributed by atoms with van der Waals surface area (Å²) in [5.74, 6) is 0.607. The van der Waals surface area contributed by atoms with Gasteiger partial charge in [0.15, 0.2) is 5.96 Å². The van der Waals surface area contributed by atoms with Crippen molar-refractivity contribution in [2.24, 2.45) is 4.99 Å². The Morgan fingerprint density at radius 1 is 1.21 bits per heavy atom. The lowest BCUT2D eigenvalue weighted by molar-refractivity contribution is 0.626. The Labute approximate surface area is 164 Å². The van der Waals surface area contributed by atoms with Crippen LogP contribution in [0.2, 0.25) is 0 Å². The normalized spacial score (nSPS) is 11.0. The molecule has 2 N–H and O–H groups in total. The van der Waals surface area contributed by atoms with Crippen molar-refractivity contribution in [3.05, 3.63) is 51.7 Å². The van der Waals surface area contributed by atoms with Crippen molar-refractivity contribution in [2.75, 3.05) is 19.6 Å². The summed E-state index contributed by atoms with van der Waals surface area (Å²) < 4.78 is 12.9. The molecule has 0 amide bonds. The van der Waals surface area contributed by atoms with Crippen LogP contribution in [-0.2, 0) is 12.8 Å². The zero-order valence-electron chi connectivity index (χ0n) is 14.0. The van der Waals surface area contributed by atoms with E-state index in [2.05, 4.69) is 26.0 Å². The van der Waals surface area contributed by atoms with E-state index in [1.54, 1.807) is 11.3 Å². The highest BCUT2D eigenvalue weighted by Gasteiger charge is 2.00. The molecule has 2 rings (SSSR count). The Balaban J connectivity index is 0.00000288. The lowest BCUT2D eigenvalue weighted by Crippen LogP contribution is -2.38. The summed E-state index contributed by atoms with van der Waals surface area (Å²) in [4.78, 5) is 9.00. The highest BCUT2D eigenvalue weighted by molar-refractivity contribution is 14.0. The summed E-state index contributed by atoms with van der Waals surface area (Å²) >= 11 is 1.67. The molecule has 24 heavy (non-hydrogen) atoms. The van der Waals surface area contributed by atoms with Gasteiger partial charge in [-0.3, -0.25) is 4.99 Å². The van der Waals surface area contributed by atoms with Crippen LogP contribution < -0.4 is 10.6 Å². The molecule has 4 nitrogen and oxygen atoms in total. The zero-order valence-corrected chi connectivity index (χ0v) is 17.2. The Hall–Kier alpha value is -1.22. The topological polar surface area (TPSA) is 49.3 Å². The fraction of sp³-hybridized carbons (Fsp3) is 0.412. The number of aromatic nitrogens is 1. The van der Waals surface area contributed by atoms with Gasteiger partial charge in [0.2, 0.25) is 0 Å². The maximum atomic E-state index is 12.9. The first-order valence-corrected chi connectivity index (χ1v) is 8.73. The fourth-order valence-electron chi connectivity index (χ4n) is 2.12. The highest BCUT2D eigenvalue weighted by atomic mass is 127. The smallest absolute Gasteiger partial charge is 0.191 e. The van der Waals surface area contributed by atoms with Crippen molar-refractivity contribution >= 4 is 41.3 Å². The quantitative estimate of drug-likeness (QED) is 0.376. The average molecular weight is 462 g/mol. The number of thiazole rings is 1.